The zero-order valence-corrected chi connectivity index (χ0v) is 11.4. The van der Waals surface area contributed by atoms with Gasteiger partial charge in [0.1, 0.15) is 0 Å². The van der Waals surface area contributed by atoms with Gasteiger partial charge >= 0.3 is 0 Å². The van der Waals surface area contributed by atoms with Gasteiger partial charge in [-0.3, -0.25) is 10.1 Å². The number of aryl methyl sites for hydroxylation is 1. The van der Waals surface area contributed by atoms with Gasteiger partial charge in [-0.25, -0.2) is 0 Å². The van der Waals surface area contributed by atoms with E-state index in [1.165, 1.54) is 0 Å². The van der Waals surface area contributed by atoms with Crippen molar-refractivity contribution in [3.8, 4) is 0 Å². The molecule has 0 amide bonds. The van der Waals surface area contributed by atoms with E-state index in [1.807, 2.05) is 6.07 Å². The number of nitro groups is 1. The second-order valence-electron chi connectivity index (χ2n) is 5.12. The van der Waals surface area contributed by atoms with Crippen molar-refractivity contribution in [3.63, 3.8) is 0 Å². The third kappa shape index (κ3) is 3.44. The van der Waals surface area contributed by atoms with Crippen LogP contribution in [0, 0.1) is 17.0 Å². The Morgan fingerprint density at radius 2 is 2.21 bits per heavy atom. The minimum atomic E-state index is -0.347. The number of rotatable bonds is 4. The van der Waals surface area contributed by atoms with E-state index in [9.17, 15) is 10.1 Å². The first kappa shape index (κ1) is 13.8. The van der Waals surface area contributed by atoms with Gasteiger partial charge in [0.05, 0.1) is 11.0 Å². The van der Waals surface area contributed by atoms with Crippen molar-refractivity contribution in [1.29, 1.82) is 0 Å². The summed E-state index contributed by atoms with van der Waals surface area (Å²) in [4.78, 5) is 10.4. The summed E-state index contributed by atoms with van der Waals surface area (Å²) in [6, 6.07) is 5.57. The third-order valence-electron chi connectivity index (χ3n) is 3.72. The van der Waals surface area contributed by atoms with Crippen molar-refractivity contribution in [2.45, 2.75) is 44.8 Å². The molecule has 1 fully saturated rings. The minimum absolute atomic E-state index is 0.170. The molecule has 0 saturated heterocycles. The molecule has 1 aliphatic rings. The molecule has 1 aromatic carbocycles. The Bertz CT molecular complexity index is 462. The van der Waals surface area contributed by atoms with Crippen LogP contribution in [0.15, 0.2) is 18.2 Å². The number of hydrogen-bond donors (Lipinski definition) is 1. The molecule has 1 aliphatic carbocycles. The predicted molar refractivity (Wildman–Crippen MR) is 74.5 cm³/mol. The molecule has 1 N–H and O–H groups in total. The molecule has 0 spiro atoms. The highest BCUT2D eigenvalue weighted by atomic mass is 16.6. The standard InChI is InChI=1S/C14H20N2O3/c1-10-8-12(6-7-14(10)16(17)18)15-11-4-3-5-13(9-11)19-2/h6-8,11,13,15H,3-5,9H2,1-2H3. The lowest BCUT2D eigenvalue weighted by Gasteiger charge is -2.29. The lowest BCUT2D eigenvalue weighted by molar-refractivity contribution is -0.385. The summed E-state index contributed by atoms with van der Waals surface area (Å²) in [5.74, 6) is 0. The average molecular weight is 264 g/mol. The van der Waals surface area contributed by atoms with Gasteiger partial charge in [0.15, 0.2) is 0 Å². The molecule has 0 aromatic heterocycles. The van der Waals surface area contributed by atoms with Crippen LogP contribution in [0.5, 0.6) is 0 Å². The molecule has 1 saturated carbocycles. The van der Waals surface area contributed by atoms with E-state index in [-0.39, 0.29) is 10.6 Å². The molecule has 5 heteroatoms. The number of benzene rings is 1. The van der Waals surface area contributed by atoms with E-state index in [0.29, 0.717) is 17.7 Å². The number of ether oxygens (including phenoxy) is 1. The van der Waals surface area contributed by atoms with Gasteiger partial charge in [0.25, 0.3) is 5.69 Å². The first-order valence-corrected chi connectivity index (χ1v) is 6.64. The Kier molecular flexibility index (Phi) is 4.37. The Morgan fingerprint density at radius 3 is 2.84 bits per heavy atom. The SMILES string of the molecule is COC1CCCC(Nc2ccc([N+](=O)[O-])c(C)c2)C1. The van der Waals surface area contributed by atoms with E-state index >= 15 is 0 Å². The highest BCUT2D eigenvalue weighted by Gasteiger charge is 2.21. The monoisotopic (exact) mass is 264 g/mol. The minimum Gasteiger partial charge on any atom is -0.382 e. The van der Waals surface area contributed by atoms with E-state index < -0.39 is 0 Å². The Balaban J connectivity index is 2.03. The highest BCUT2D eigenvalue weighted by Crippen LogP contribution is 2.26. The number of anilines is 1. The van der Waals surface area contributed by atoms with Gasteiger partial charge in [-0.2, -0.15) is 0 Å². The highest BCUT2D eigenvalue weighted by molar-refractivity contribution is 5.54. The van der Waals surface area contributed by atoms with Crippen LogP contribution in [0.1, 0.15) is 31.2 Å². The lowest BCUT2D eigenvalue weighted by atomic mass is 9.92. The smallest absolute Gasteiger partial charge is 0.272 e. The van der Waals surface area contributed by atoms with Crippen molar-refractivity contribution >= 4 is 11.4 Å². The number of methoxy groups -OCH3 is 1. The van der Waals surface area contributed by atoms with Crippen LogP contribution in [0.2, 0.25) is 0 Å². The van der Waals surface area contributed by atoms with Gasteiger partial charge in [0, 0.05) is 30.5 Å². The van der Waals surface area contributed by atoms with Crippen LogP contribution >= 0.6 is 0 Å². The van der Waals surface area contributed by atoms with E-state index in [4.69, 9.17) is 4.74 Å². The molecule has 2 atom stereocenters. The van der Waals surface area contributed by atoms with Crippen LogP contribution in [0.4, 0.5) is 11.4 Å². The van der Waals surface area contributed by atoms with E-state index in [1.54, 1.807) is 26.2 Å². The fourth-order valence-corrected chi connectivity index (χ4v) is 2.68. The van der Waals surface area contributed by atoms with Crippen LogP contribution in [-0.2, 0) is 4.74 Å². The van der Waals surface area contributed by atoms with Crippen molar-refractivity contribution in [1.82, 2.24) is 0 Å². The Labute approximate surface area is 113 Å². The van der Waals surface area contributed by atoms with Crippen LogP contribution in [0.3, 0.4) is 0 Å². The quantitative estimate of drug-likeness (QED) is 0.669. The van der Waals surface area contributed by atoms with Crippen LogP contribution < -0.4 is 5.32 Å². The Hall–Kier alpha value is -1.62. The maximum absolute atomic E-state index is 10.8. The fourth-order valence-electron chi connectivity index (χ4n) is 2.68. The molecule has 5 nitrogen and oxygen atoms in total. The summed E-state index contributed by atoms with van der Waals surface area (Å²) in [6.45, 7) is 1.77. The maximum Gasteiger partial charge on any atom is 0.272 e. The Morgan fingerprint density at radius 1 is 1.42 bits per heavy atom. The van der Waals surface area contributed by atoms with E-state index in [0.717, 1.165) is 31.4 Å². The maximum atomic E-state index is 10.8. The normalized spacial score (nSPS) is 23.1. The fraction of sp³-hybridized carbons (Fsp3) is 0.571. The van der Waals surface area contributed by atoms with Gasteiger partial charge in [-0.1, -0.05) is 0 Å². The number of hydrogen-bond acceptors (Lipinski definition) is 4. The summed E-state index contributed by atoms with van der Waals surface area (Å²) in [6.07, 6.45) is 4.71. The van der Waals surface area contributed by atoms with Gasteiger partial charge in [-0.05, 0) is 44.7 Å². The van der Waals surface area contributed by atoms with Crippen LogP contribution in [-0.4, -0.2) is 24.2 Å². The van der Waals surface area contributed by atoms with Gasteiger partial charge in [-0.15, -0.1) is 0 Å². The van der Waals surface area contributed by atoms with Crippen LogP contribution in [0.25, 0.3) is 0 Å². The van der Waals surface area contributed by atoms with E-state index in [2.05, 4.69) is 5.32 Å². The summed E-state index contributed by atoms with van der Waals surface area (Å²) >= 11 is 0. The molecular formula is C14H20N2O3. The van der Waals surface area contributed by atoms with Crippen molar-refractivity contribution < 1.29 is 9.66 Å². The second-order valence-corrected chi connectivity index (χ2v) is 5.12. The molecule has 0 radical (unpaired) electrons. The molecule has 0 aliphatic heterocycles. The van der Waals surface area contributed by atoms with Crippen molar-refractivity contribution in [3.05, 3.63) is 33.9 Å². The van der Waals surface area contributed by atoms with Crippen molar-refractivity contribution in [2.75, 3.05) is 12.4 Å². The van der Waals surface area contributed by atoms with Gasteiger partial charge in [0.2, 0.25) is 0 Å². The zero-order chi connectivity index (χ0) is 13.8. The molecule has 1 aromatic rings. The van der Waals surface area contributed by atoms with Gasteiger partial charge < -0.3 is 10.1 Å². The summed E-state index contributed by atoms with van der Waals surface area (Å²) in [7, 11) is 1.75. The third-order valence-corrected chi connectivity index (χ3v) is 3.72. The van der Waals surface area contributed by atoms with Crippen molar-refractivity contribution in [2.24, 2.45) is 0 Å². The molecule has 0 heterocycles. The molecule has 104 valence electrons. The summed E-state index contributed by atoms with van der Waals surface area (Å²) in [5.41, 5.74) is 1.81. The first-order chi connectivity index (χ1) is 9.10. The predicted octanol–water partition coefficient (Wildman–Crippen LogP) is 3.27. The topological polar surface area (TPSA) is 64.4 Å². The lowest BCUT2D eigenvalue weighted by Crippen LogP contribution is -2.31. The number of nitrogens with zero attached hydrogens (tertiary/aromatic N) is 1. The zero-order valence-electron chi connectivity index (χ0n) is 11.4. The summed E-state index contributed by atoms with van der Waals surface area (Å²) < 4.78 is 5.40. The average Bonchev–Trinajstić information content (AvgIpc) is 2.38. The number of nitrogens with one attached hydrogen (secondary N) is 1. The molecule has 19 heavy (non-hydrogen) atoms. The summed E-state index contributed by atoms with van der Waals surface area (Å²) in [5, 5.41) is 14.2. The molecule has 0 bridgehead atoms. The molecule has 2 unspecified atom stereocenters. The first-order valence-electron chi connectivity index (χ1n) is 6.64. The molecule has 2 rings (SSSR count). The number of nitro benzene ring substituents is 1. The second kappa shape index (κ2) is 6.02. The molecular weight excluding hydrogens is 244 g/mol. The largest absolute Gasteiger partial charge is 0.382 e.